The van der Waals surface area contributed by atoms with Crippen molar-refractivity contribution in [3.63, 3.8) is 0 Å². The third kappa shape index (κ3) is 3.62. The van der Waals surface area contributed by atoms with Crippen LogP contribution in [0.25, 0.3) is 0 Å². The minimum Gasteiger partial charge on any atom is -0.302 e. The Morgan fingerprint density at radius 1 is 1.30 bits per heavy atom. The van der Waals surface area contributed by atoms with E-state index in [9.17, 15) is 4.79 Å². The fraction of sp³-hybridized carbons (Fsp3) is 0.875. The summed E-state index contributed by atoms with van der Waals surface area (Å²) in [6.07, 6.45) is 0. The average molecular weight is 143 g/mol. The number of carbonyl (C=O) groups excluding carboxylic acids is 1. The van der Waals surface area contributed by atoms with Gasteiger partial charge in [-0.3, -0.25) is 4.79 Å². The van der Waals surface area contributed by atoms with E-state index in [-0.39, 0.29) is 11.2 Å². The number of hydrogen-bond acceptors (Lipinski definition) is 2. The van der Waals surface area contributed by atoms with Gasteiger partial charge in [0.1, 0.15) is 0 Å². The number of carbonyl (C=O) groups is 1. The zero-order chi connectivity index (χ0) is 8.36. The minimum atomic E-state index is -0.190. The molecule has 0 atom stereocenters. The maximum atomic E-state index is 11.2. The van der Waals surface area contributed by atoms with Gasteiger partial charge in [-0.05, 0) is 14.1 Å². The lowest BCUT2D eigenvalue weighted by molar-refractivity contribution is -0.126. The van der Waals surface area contributed by atoms with E-state index in [0.717, 1.165) is 0 Å². The largest absolute Gasteiger partial charge is 0.302 e. The van der Waals surface area contributed by atoms with Crippen LogP contribution in [0, 0.1) is 5.41 Å². The third-order valence-corrected chi connectivity index (χ3v) is 1.30. The van der Waals surface area contributed by atoms with E-state index in [1.165, 1.54) is 0 Å². The second kappa shape index (κ2) is 3.15. The molecule has 0 aliphatic rings. The van der Waals surface area contributed by atoms with Crippen molar-refractivity contribution in [2.24, 2.45) is 5.41 Å². The SMILES string of the molecule is CN(C)CC(=O)C(C)(C)C. The van der Waals surface area contributed by atoms with E-state index in [1.54, 1.807) is 0 Å². The van der Waals surface area contributed by atoms with Gasteiger partial charge in [0.05, 0.1) is 6.54 Å². The van der Waals surface area contributed by atoms with Crippen molar-refractivity contribution in [3.05, 3.63) is 0 Å². The van der Waals surface area contributed by atoms with Crippen LogP contribution < -0.4 is 0 Å². The number of rotatable bonds is 2. The number of hydrogen-bond donors (Lipinski definition) is 0. The molecular weight excluding hydrogens is 126 g/mol. The van der Waals surface area contributed by atoms with Gasteiger partial charge >= 0.3 is 0 Å². The van der Waals surface area contributed by atoms with E-state index in [4.69, 9.17) is 0 Å². The Labute approximate surface area is 63.2 Å². The molecule has 0 aromatic carbocycles. The summed E-state index contributed by atoms with van der Waals surface area (Å²) in [6.45, 7) is 6.38. The van der Waals surface area contributed by atoms with E-state index in [0.29, 0.717) is 6.54 Å². The van der Waals surface area contributed by atoms with Crippen LogP contribution in [-0.2, 0) is 4.79 Å². The lowest BCUT2D eigenvalue weighted by Gasteiger charge is -2.19. The molecule has 10 heavy (non-hydrogen) atoms. The Bertz CT molecular complexity index is 122. The first-order valence-electron chi connectivity index (χ1n) is 3.52. The molecule has 0 spiro atoms. The highest BCUT2D eigenvalue weighted by Crippen LogP contribution is 2.14. The van der Waals surface area contributed by atoms with Crippen LogP contribution in [0.4, 0.5) is 0 Å². The fourth-order valence-corrected chi connectivity index (χ4v) is 0.524. The zero-order valence-electron chi connectivity index (χ0n) is 7.56. The molecule has 0 N–H and O–H groups in total. The molecule has 0 radical (unpaired) electrons. The summed E-state index contributed by atoms with van der Waals surface area (Å²) in [7, 11) is 3.81. The molecule has 2 nitrogen and oxygen atoms in total. The molecule has 0 fully saturated rings. The van der Waals surface area contributed by atoms with Gasteiger partial charge in [0, 0.05) is 5.41 Å². The Hall–Kier alpha value is -0.370. The van der Waals surface area contributed by atoms with Gasteiger partial charge in [0.15, 0.2) is 5.78 Å². The second-order valence-electron chi connectivity index (χ2n) is 3.91. The molecule has 0 aliphatic heterocycles. The van der Waals surface area contributed by atoms with Crippen LogP contribution in [0.5, 0.6) is 0 Å². The van der Waals surface area contributed by atoms with Crippen LogP contribution in [0.2, 0.25) is 0 Å². The molecule has 0 unspecified atom stereocenters. The number of likely N-dealkylation sites (N-methyl/N-ethyl adjacent to an activating group) is 1. The minimum absolute atomic E-state index is 0.190. The molecule has 0 bridgehead atoms. The first kappa shape index (κ1) is 9.63. The smallest absolute Gasteiger partial charge is 0.152 e. The lowest BCUT2D eigenvalue weighted by atomic mass is 9.91. The van der Waals surface area contributed by atoms with Crippen LogP contribution in [-0.4, -0.2) is 31.3 Å². The summed E-state index contributed by atoms with van der Waals surface area (Å²) < 4.78 is 0. The van der Waals surface area contributed by atoms with Crippen molar-refractivity contribution in [2.75, 3.05) is 20.6 Å². The Morgan fingerprint density at radius 2 is 1.70 bits per heavy atom. The van der Waals surface area contributed by atoms with Crippen molar-refractivity contribution >= 4 is 5.78 Å². The maximum Gasteiger partial charge on any atom is 0.152 e. The van der Waals surface area contributed by atoms with Crippen molar-refractivity contribution in [1.82, 2.24) is 4.90 Å². The molecule has 0 aromatic rings. The highest BCUT2D eigenvalue weighted by Gasteiger charge is 2.20. The van der Waals surface area contributed by atoms with Crippen LogP contribution in [0.15, 0.2) is 0 Å². The quantitative estimate of drug-likeness (QED) is 0.578. The van der Waals surface area contributed by atoms with E-state index in [1.807, 2.05) is 39.8 Å². The lowest BCUT2D eigenvalue weighted by Crippen LogP contribution is -2.31. The van der Waals surface area contributed by atoms with E-state index < -0.39 is 0 Å². The van der Waals surface area contributed by atoms with Crippen molar-refractivity contribution in [2.45, 2.75) is 20.8 Å². The third-order valence-electron chi connectivity index (χ3n) is 1.30. The van der Waals surface area contributed by atoms with Crippen molar-refractivity contribution < 1.29 is 4.79 Å². The first-order valence-corrected chi connectivity index (χ1v) is 3.52. The van der Waals surface area contributed by atoms with Crippen molar-refractivity contribution in [3.8, 4) is 0 Å². The molecular formula is C8H17NO. The molecule has 0 aliphatic carbocycles. The topological polar surface area (TPSA) is 20.3 Å². The van der Waals surface area contributed by atoms with Crippen LogP contribution in [0.3, 0.4) is 0 Å². The fourth-order valence-electron chi connectivity index (χ4n) is 0.524. The van der Waals surface area contributed by atoms with Gasteiger partial charge in [-0.2, -0.15) is 0 Å². The highest BCUT2D eigenvalue weighted by molar-refractivity contribution is 5.85. The average Bonchev–Trinajstić information content (AvgIpc) is 1.60. The van der Waals surface area contributed by atoms with Gasteiger partial charge in [-0.15, -0.1) is 0 Å². The molecule has 0 heterocycles. The highest BCUT2D eigenvalue weighted by atomic mass is 16.1. The van der Waals surface area contributed by atoms with Gasteiger partial charge in [-0.25, -0.2) is 0 Å². The number of Topliss-reactive ketones (excluding diaryl/α,β-unsaturated/α-hetero) is 1. The van der Waals surface area contributed by atoms with Gasteiger partial charge in [0.25, 0.3) is 0 Å². The predicted molar refractivity (Wildman–Crippen MR) is 43.0 cm³/mol. The number of ketones is 1. The van der Waals surface area contributed by atoms with E-state index >= 15 is 0 Å². The standard InChI is InChI=1S/C8H17NO/c1-8(2,3)7(10)6-9(4)5/h6H2,1-5H3. The molecule has 0 aromatic heterocycles. The maximum absolute atomic E-state index is 11.2. The van der Waals surface area contributed by atoms with Crippen LogP contribution in [0.1, 0.15) is 20.8 Å². The molecule has 0 saturated heterocycles. The molecule has 2 heteroatoms. The normalized spacial score (nSPS) is 12.2. The van der Waals surface area contributed by atoms with Crippen molar-refractivity contribution in [1.29, 1.82) is 0 Å². The summed E-state index contributed by atoms with van der Waals surface area (Å²) in [6, 6.07) is 0. The summed E-state index contributed by atoms with van der Waals surface area (Å²) >= 11 is 0. The van der Waals surface area contributed by atoms with Gasteiger partial charge in [-0.1, -0.05) is 20.8 Å². The summed E-state index contributed by atoms with van der Waals surface area (Å²) in [5.74, 6) is 0.289. The van der Waals surface area contributed by atoms with Gasteiger partial charge in [0.2, 0.25) is 0 Å². The summed E-state index contributed by atoms with van der Waals surface area (Å²) in [4.78, 5) is 13.1. The monoisotopic (exact) mass is 143 g/mol. The Morgan fingerprint density at radius 3 is 1.80 bits per heavy atom. The first-order chi connectivity index (χ1) is 4.34. The molecule has 60 valence electrons. The van der Waals surface area contributed by atoms with Gasteiger partial charge < -0.3 is 4.90 Å². The number of nitrogens with zero attached hydrogens (tertiary/aromatic N) is 1. The molecule has 0 amide bonds. The molecule has 0 rings (SSSR count). The predicted octanol–water partition coefficient (Wildman–Crippen LogP) is 1.16. The van der Waals surface area contributed by atoms with Crippen LogP contribution >= 0.6 is 0 Å². The molecule has 0 saturated carbocycles. The Balaban J connectivity index is 3.87. The second-order valence-corrected chi connectivity index (χ2v) is 3.91. The zero-order valence-corrected chi connectivity index (χ0v) is 7.56. The summed E-state index contributed by atoms with van der Waals surface area (Å²) in [5.41, 5.74) is -0.190. The summed E-state index contributed by atoms with van der Waals surface area (Å²) in [5, 5.41) is 0. The van der Waals surface area contributed by atoms with E-state index in [2.05, 4.69) is 0 Å². The Kier molecular flexibility index (Phi) is 3.03.